The number of aromatic amines is 2. The first-order valence-corrected chi connectivity index (χ1v) is 7.85. The molecule has 3 aromatic heterocycles. The summed E-state index contributed by atoms with van der Waals surface area (Å²) in [5.74, 6) is 0. The van der Waals surface area contributed by atoms with Crippen LogP contribution in [0.3, 0.4) is 0 Å². The van der Waals surface area contributed by atoms with E-state index < -0.39 is 0 Å². The molecule has 2 aliphatic rings. The monoisotopic (exact) mass is 417 g/mol. The van der Waals surface area contributed by atoms with Gasteiger partial charge in [0.2, 0.25) is 0 Å². The summed E-state index contributed by atoms with van der Waals surface area (Å²) < 4.78 is 0. The van der Waals surface area contributed by atoms with Crippen molar-refractivity contribution in [1.29, 1.82) is 0 Å². The van der Waals surface area contributed by atoms with Crippen molar-refractivity contribution in [2.45, 2.75) is 0 Å². The van der Waals surface area contributed by atoms with Crippen molar-refractivity contribution in [3.63, 3.8) is 0 Å². The molecule has 4 nitrogen and oxygen atoms in total. The molecule has 0 aromatic carbocycles. The minimum Gasteiger partial charge on any atom is -0.355 e. The zero-order chi connectivity index (χ0) is 15.9. The van der Waals surface area contributed by atoms with Crippen LogP contribution in [-0.4, -0.2) is 19.9 Å². The number of H-pyrrole nitrogens is 2. The summed E-state index contributed by atoms with van der Waals surface area (Å²) in [4.78, 5) is 16.0. The molecule has 5 heteroatoms. The standard InChI is InChI=1S/C20H14N4.Ag/c1-2-14-10-16-5-6-18(23-16)12-20-8-7-19(24-20)11-17-4-3-15(22-17)9-13(1)21-14;/h1-12,21-22H;. The van der Waals surface area contributed by atoms with E-state index >= 15 is 0 Å². The molecule has 2 aliphatic heterocycles. The Hall–Kier alpha value is -2.66. The molecular weight excluding hydrogens is 404 g/mol. The molecule has 0 unspecified atom stereocenters. The van der Waals surface area contributed by atoms with Gasteiger partial charge in [-0.15, -0.1) is 0 Å². The summed E-state index contributed by atoms with van der Waals surface area (Å²) in [6, 6.07) is 16.4. The largest absolute Gasteiger partial charge is 0.355 e. The van der Waals surface area contributed by atoms with Crippen molar-refractivity contribution in [2.75, 3.05) is 0 Å². The number of nitrogens with zero attached hydrogens (tertiary/aromatic N) is 2. The van der Waals surface area contributed by atoms with E-state index in [1.807, 2.05) is 42.5 Å². The van der Waals surface area contributed by atoms with E-state index in [1.165, 1.54) is 0 Å². The van der Waals surface area contributed by atoms with Crippen LogP contribution in [-0.2, 0) is 22.4 Å². The number of aromatic nitrogens is 4. The Morgan fingerprint density at radius 2 is 0.840 bits per heavy atom. The van der Waals surface area contributed by atoms with Gasteiger partial charge < -0.3 is 9.97 Å². The maximum atomic E-state index is 4.62. The summed E-state index contributed by atoms with van der Waals surface area (Å²) in [6.07, 6.45) is 8.05. The SMILES string of the molecule is C1=Cc2cc3ccc(cc4ccc(cc5nc(cc1n2)C=C5)[nH]4)[nH]3.[Ag]. The van der Waals surface area contributed by atoms with E-state index in [4.69, 9.17) is 0 Å². The van der Waals surface area contributed by atoms with E-state index in [0.29, 0.717) is 0 Å². The summed E-state index contributed by atoms with van der Waals surface area (Å²) >= 11 is 0. The molecule has 0 saturated heterocycles. The molecule has 1 radical (unpaired) electrons. The number of fused-ring (bicyclic) bond motifs is 8. The third kappa shape index (κ3) is 3.28. The van der Waals surface area contributed by atoms with Crippen LogP contribution in [0.5, 0.6) is 0 Å². The predicted molar refractivity (Wildman–Crippen MR) is 98.9 cm³/mol. The first-order chi connectivity index (χ1) is 11.8. The molecule has 125 valence electrons. The molecule has 0 amide bonds. The number of rotatable bonds is 0. The fourth-order valence-electron chi connectivity index (χ4n) is 2.94. The van der Waals surface area contributed by atoms with Gasteiger partial charge in [-0.1, -0.05) is 0 Å². The Balaban J connectivity index is 0.00000157. The van der Waals surface area contributed by atoms with Crippen LogP contribution < -0.4 is 0 Å². The normalized spacial score (nSPS) is 12.2. The van der Waals surface area contributed by atoms with E-state index in [2.05, 4.69) is 50.3 Å². The quantitative estimate of drug-likeness (QED) is 0.360. The molecule has 0 aliphatic carbocycles. The molecular formula is C20H14AgN4. The van der Waals surface area contributed by atoms with Gasteiger partial charge in [0.05, 0.1) is 22.8 Å². The first-order valence-electron chi connectivity index (χ1n) is 7.85. The van der Waals surface area contributed by atoms with Crippen LogP contribution in [0.15, 0.2) is 48.5 Å². The van der Waals surface area contributed by atoms with Crippen molar-refractivity contribution in [3.05, 3.63) is 71.3 Å². The van der Waals surface area contributed by atoms with Crippen molar-refractivity contribution < 1.29 is 22.4 Å². The molecule has 0 atom stereocenters. The van der Waals surface area contributed by atoms with Crippen LogP contribution in [0.4, 0.5) is 0 Å². The minimum absolute atomic E-state index is 0. The van der Waals surface area contributed by atoms with Crippen molar-refractivity contribution in [3.8, 4) is 0 Å². The Bertz CT molecular complexity index is 1080. The summed E-state index contributed by atoms with van der Waals surface area (Å²) in [6.45, 7) is 0. The number of hydrogen-bond acceptors (Lipinski definition) is 2. The Kier molecular flexibility index (Phi) is 4.01. The fourth-order valence-corrected chi connectivity index (χ4v) is 2.94. The third-order valence-electron chi connectivity index (χ3n) is 4.04. The number of nitrogens with one attached hydrogen (secondary N) is 2. The van der Waals surface area contributed by atoms with Crippen molar-refractivity contribution in [2.24, 2.45) is 0 Å². The molecule has 25 heavy (non-hydrogen) atoms. The molecule has 8 bridgehead atoms. The van der Waals surface area contributed by atoms with Crippen LogP contribution >= 0.6 is 0 Å². The van der Waals surface area contributed by atoms with Gasteiger partial charge in [-0.3, -0.25) is 0 Å². The maximum absolute atomic E-state index is 4.62. The molecule has 3 aromatic rings. The van der Waals surface area contributed by atoms with Crippen LogP contribution in [0, 0.1) is 0 Å². The average molecular weight is 418 g/mol. The maximum Gasteiger partial charge on any atom is 0.0659 e. The summed E-state index contributed by atoms with van der Waals surface area (Å²) in [5.41, 5.74) is 7.86. The zero-order valence-electron chi connectivity index (χ0n) is 13.1. The topological polar surface area (TPSA) is 57.4 Å². The molecule has 0 saturated carbocycles. The zero-order valence-corrected chi connectivity index (χ0v) is 14.6. The van der Waals surface area contributed by atoms with Crippen LogP contribution in [0.2, 0.25) is 0 Å². The molecule has 5 heterocycles. The molecule has 0 spiro atoms. The fraction of sp³-hybridized carbons (Fsp3) is 0. The second-order valence-corrected chi connectivity index (χ2v) is 5.91. The predicted octanol–water partition coefficient (Wildman–Crippen LogP) is 4.65. The van der Waals surface area contributed by atoms with Gasteiger partial charge in [0.15, 0.2) is 0 Å². The third-order valence-corrected chi connectivity index (χ3v) is 4.04. The average Bonchev–Trinajstić information content (AvgIpc) is 3.32. The van der Waals surface area contributed by atoms with E-state index in [0.717, 1.165) is 44.8 Å². The molecule has 5 rings (SSSR count). The van der Waals surface area contributed by atoms with Gasteiger partial charge in [-0.2, -0.15) is 0 Å². The van der Waals surface area contributed by atoms with E-state index in [-0.39, 0.29) is 22.4 Å². The van der Waals surface area contributed by atoms with Gasteiger partial charge in [-0.25, -0.2) is 9.97 Å². The Morgan fingerprint density at radius 1 is 0.480 bits per heavy atom. The van der Waals surface area contributed by atoms with Crippen molar-refractivity contribution in [1.82, 2.24) is 19.9 Å². The van der Waals surface area contributed by atoms with E-state index in [9.17, 15) is 0 Å². The molecule has 0 fully saturated rings. The van der Waals surface area contributed by atoms with Gasteiger partial charge in [0, 0.05) is 44.4 Å². The van der Waals surface area contributed by atoms with Crippen LogP contribution in [0.25, 0.3) is 46.4 Å². The summed E-state index contributed by atoms with van der Waals surface area (Å²) in [5, 5.41) is 0. The van der Waals surface area contributed by atoms with E-state index in [1.54, 1.807) is 0 Å². The molecule has 2 N–H and O–H groups in total. The van der Waals surface area contributed by atoms with Gasteiger partial charge in [0.25, 0.3) is 0 Å². The second kappa shape index (κ2) is 6.33. The second-order valence-electron chi connectivity index (χ2n) is 5.91. The number of hydrogen-bond donors (Lipinski definition) is 2. The Morgan fingerprint density at radius 3 is 1.28 bits per heavy atom. The summed E-state index contributed by atoms with van der Waals surface area (Å²) in [7, 11) is 0. The van der Waals surface area contributed by atoms with Crippen LogP contribution in [0.1, 0.15) is 22.8 Å². The van der Waals surface area contributed by atoms with Gasteiger partial charge in [0.1, 0.15) is 0 Å². The smallest absolute Gasteiger partial charge is 0.0659 e. The van der Waals surface area contributed by atoms with Crippen molar-refractivity contribution >= 4 is 46.4 Å². The first kappa shape index (κ1) is 15.8. The minimum atomic E-state index is 0. The Labute approximate surface area is 159 Å². The van der Waals surface area contributed by atoms with Gasteiger partial charge >= 0.3 is 0 Å². The van der Waals surface area contributed by atoms with Gasteiger partial charge in [-0.05, 0) is 72.8 Å².